The van der Waals surface area contributed by atoms with E-state index in [1.54, 1.807) is 6.07 Å². The lowest BCUT2D eigenvalue weighted by molar-refractivity contribution is -0.141. The average Bonchev–Trinajstić information content (AvgIpc) is 3.17. The first-order chi connectivity index (χ1) is 14.8. The van der Waals surface area contributed by atoms with Crippen LogP contribution in [0.2, 0.25) is 0 Å². The first kappa shape index (κ1) is 21.0. The van der Waals surface area contributed by atoms with Crippen molar-refractivity contribution in [2.24, 2.45) is 5.10 Å². The number of aliphatic carboxylic acids is 1. The molecule has 8 heteroatoms. The molecule has 0 saturated carbocycles. The Kier molecular flexibility index (Phi) is 5.73. The molecular formula is C23H20BrN3O4. The van der Waals surface area contributed by atoms with E-state index in [1.807, 2.05) is 49.4 Å². The summed E-state index contributed by atoms with van der Waals surface area (Å²) in [6, 6.07) is 14.5. The molecule has 2 N–H and O–H groups in total. The quantitative estimate of drug-likeness (QED) is 0.571. The lowest BCUT2D eigenvalue weighted by Crippen LogP contribution is -2.31. The van der Waals surface area contributed by atoms with E-state index in [-0.39, 0.29) is 18.4 Å². The van der Waals surface area contributed by atoms with Gasteiger partial charge in [0, 0.05) is 22.9 Å². The molecule has 0 aliphatic carbocycles. The number of rotatable bonds is 5. The lowest BCUT2D eigenvalue weighted by atomic mass is 9.97. The molecule has 1 aromatic heterocycles. The van der Waals surface area contributed by atoms with Crippen LogP contribution in [0.5, 0.6) is 0 Å². The van der Waals surface area contributed by atoms with Crippen molar-refractivity contribution in [3.63, 3.8) is 0 Å². The summed E-state index contributed by atoms with van der Waals surface area (Å²) in [6.45, 7) is 1.92. The highest BCUT2D eigenvalue weighted by Crippen LogP contribution is 2.33. The third-order valence-electron chi connectivity index (χ3n) is 5.35. The van der Waals surface area contributed by atoms with E-state index in [2.05, 4.69) is 26.0 Å². The van der Waals surface area contributed by atoms with E-state index in [4.69, 9.17) is 5.11 Å². The van der Waals surface area contributed by atoms with Gasteiger partial charge in [-0.05, 0) is 41.6 Å². The van der Waals surface area contributed by atoms with Crippen LogP contribution >= 0.6 is 15.9 Å². The molecule has 0 fully saturated rings. The standard InChI is InChI=1S/C23H20BrN3O4/c1-13-4-2-6-15-11-17(23(31)25-22(13)15)19-12-18(14-5-3-7-16(24)10-14)26-27(19)20(28)8-9-21(29)30/h2-7,10-11,19H,8-9,12H2,1H3,(H,25,31)(H,29,30)/t19-/m1/s1. The number of aryl methyl sites for hydroxylation is 1. The predicted molar refractivity (Wildman–Crippen MR) is 121 cm³/mol. The van der Waals surface area contributed by atoms with Crippen molar-refractivity contribution in [3.8, 4) is 0 Å². The maximum Gasteiger partial charge on any atom is 0.303 e. The summed E-state index contributed by atoms with van der Waals surface area (Å²) in [5.74, 6) is -1.49. The van der Waals surface area contributed by atoms with Crippen molar-refractivity contribution >= 4 is 44.4 Å². The highest BCUT2D eigenvalue weighted by atomic mass is 79.9. The number of benzene rings is 2. The van der Waals surface area contributed by atoms with Gasteiger partial charge in [-0.25, -0.2) is 5.01 Å². The van der Waals surface area contributed by atoms with Crippen LogP contribution in [0.3, 0.4) is 0 Å². The number of nitrogens with one attached hydrogen (secondary N) is 1. The van der Waals surface area contributed by atoms with Crippen LogP contribution in [0.4, 0.5) is 0 Å². The van der Waals surface area contributed by atoms with Gasteiger partial charge < -0.3 is 10.1 Å². The zero-order valence-corrected chi connectivity index (χ0v) is 18.3. The van der Waals surface area contributed by atoms with Gasteiger partial charge in [0.25, 0.3) is 5.56 Å². The fourth-order valence-electron chi connectivity index (χ4n) is 3.80. The predicted octanol–water partition coefficient (Wildman–Crippen LogP) is 4.14. The number of hydrogen-bond donors (Lipinski definition) is 2. The van der Waals surface area contributed by atoms with Crippen molar-refractivity contribution in [1.82, 2.24) is 9.99 Å². The summed E-state index contributed by atoms with van der Waals surface area (Å²) in [6.07, 6.45) is -0.127. The van der Waals surface area contributed by atoms with Gasteiger partial charge >= 0.3 is 5.97 Å². The van der Waals surface area contributed by atoms with Crippen LogP contribution < -0.4 is 5.56 Å². The summed E-state index contributed by atoms with van der Waals surface area (Å²) in [5.41, 5.74) is 3.35. The number of amides is 1. The van der Waals surface area contributed by atoms with Crippen LogP contribution in [-0.4, -0.2) is 32.7 Å². The Morgan fingerprint density at radius 3 is 2.71 bits per heavy atom. The number of nitrogens with zero attached hydrogens (tertiary/aromatic N) is 2. The topological polar surface area (TPSA) is 103 Å². The number of hydrazone groups is 1. The smallest absolute Gasteiger partial charge is 0.303 e. The monoisotopic (exact) mass is 481 g/mol. The number of aromatic amines is 1. The molecule has 1 aliphatic heterocycles. The normalized spacial score (nSPS) is 15.9. The van der Waals surface area contributed by atoms with E-state index in [0.29, 0.717) is 17.7 Å². The molecule has 3 aromatic rings. The summed E-state index contributed by atoms with van der Waals surface area (Å²) < 4.78 is 0.874. The maximum atomic E-state index is 13.0. The van der Waals surface area contributed by atoms with E-state index < -0.39 is 17.9 Å². The molecule has 0 spiro atoms. The number of para-hydroxylation sites is 1. The first-order valence-electron chi connectivity index (χ1n) is 9.83. The van der Waals surface area contributed by atoms with Gasteiger partial charge in [-0.1, -0.05) is 46.3 Å². The molecular weight excluding hydrogens is 462 g/mol. The molecule has 7 nitrogen and oxygen atoms in total. The van der Waals surface area contributed by atoms with Crippen molar-refractivity contribution < 1.29 is 14.7 Å². The summed E-state index contributed by atoms with van der Waals surface area (Å²) in [4.78, 5) is 39.7. The van der Waals surface area contributed by atoms with Gasteiger partial charge in [-0.15, -0.1) is 0 Å². The number of halogens is 1. The SMILES string of the molecule is Cc1cccc2cc([C@H]3CC(c4cccc(Br)c4)=NN3C(=O)CCC(=O)O)c(=O)[nH]c12. The largest absolute Gasteiger partial charge is 0.481 e. The van der Waals surface area contributed by atoms with Gasteiger partial charge in [0.15, 0.2) is 0 Å². The number of aromatic nitrogens is 1. The van der Waals surface area contributed by atoms with Crippen molar-refractivity contribution in [2.45, 2.75) is 32.2 Å². The number of carboxylic acid groups (broad SMARTS) is 1. The minimum absolute atomic E-state index is 0.189. The molecule has 158 valence electrons. The molecule has 0 bridgehead atoms. The van der Waals surface area contributed by atoms with Gasteiger partial charge in [-0.3, -0.25) is 14.4 Å². The Morgan fingerprint density at radius 2 is 1.97 bits per heavy atom. The maximum absolute atomic E-state index is 13.0. The first-order valence-corrected chi connectivity index (χ1v) is 10.6. The molecule has 2 aromatic carbocycles. The van der Waals surface area contributed by atoms with Crippen molar-refractivity contribution in [2.75, 3.05) is 0 Å². The van der Waals surface area contributed by atoms with Crippen LogP contribution in [0.25, 0.3) is 10.9 Å². The number of carbonyl (C=O) groups excluding carboxylic acids is 1. The van der Waals surface area contributed by atoms with E-state index in [0.717, 1.165) is 26.5 Å². The molecule has 0 unspecified atom stereocenters. The van der Waals surface area contributed by atoms with Gasteiger partial charge in [0.2, 0.25) is 5.91 Å². The number of carboxylic acids is 1. The van der Waals surface area contributed by atoms with E-state index in [9.17, 15) is 14.4 Å². The molecule has 1 amide bonds. The average molecular weight is 482 g/mol. The van der Waals surface area contributed by atoms with E-state index >= 15 is 0 Å². The third-order valence-corrected chi connectivity index (χ3v) is 5.85. The molecule has 2 heterocycles. The molecule has 0 saturated heterocycles. The Hall–Kier alpha value is -3.26. The zero-order valence-electron chi connectivity index (χ0n) is 16.8. The van der Waals surface area contributed by atoms with Crippen LogP contribution in [0.15, 0.2) is 62.9 Å². The zero-order chi connectivity index (χ0) is 22.1. The van der Waals surface area contributed by atoms with Crippen LogP contribution in [0.1, 0.15) is 42.0 Å². The number of carbonyl (C=O) groups is 2. The minimum Gasteiger partial charge on any atom is -0.481 e. The highest BCUT2D eigenvalue weighted by molar-refractivity contribution is 9.10. The second-order valence-electron chi connectivity index (χ2n) is 7.50. The molecule has 1 aliphatic rings. The Bertz CT molecular complexity index is 1280. The van der Waals surface area contributed by atoms with E-state index in [1.165, 1.54) is 5.01 Å². The van der Waals surface area contributed by atoms with Gasteiger partial charge in [-0.2, -0.15) is 5.10 Å². The fourth-order valence-corrected chi connectivity index (χ4v) is 4.20. The lowest BCUT2D eigenvalue weighted by Gasteiger charge is -2.21. The Morgan fingerprint density at radius 1 is 1.19 bits per heavy atom. The van der Waals surface area contributed by atoms with Crippen molar-refractivity contribution in [3.05, 3.63) is 80.0 Å². The molecule has 0 radical (unpaired) electrons. The fraction of sp³-hybridized carbons (Fsp3) is 0.217. The molecule has 1 atom stereocenters. The highest BCUT2D eigenvalue weighted by Gasteiger charge is 2.35. The number of fused-ring (bicyclic) bond motifs is 1. The van der Waals surface area contributed by atoms with Crippen molar-refractivity contribution in [1.29, 1.82) is 0 Å². The Labute approximate surface area is 186 Å². The van der Waals surface area contributed by atoms with Crippen LogP contribution in [-0.2, 0) is 9.59 Å². The molecule has 4 rings (SSSR count). The number of H-pyrrole nitrogens is 1. The molecule has 31 heavy (non-hydrogen) atoms. The second kappa shape index (κ2) is 8.47. The van der Waals surface area contributed by atoms with Crippen LogP contribution in [0, 0.1) is 6.92 Å². The number of hydrogen-bond acceptors (Lipinski definition) is 4. The number of pyridine rings is 1. The summed E-state index contributed by atoms with van der Waals surface area (Å²) in [5, 5.41) is 15.6. The third kappa shape index (κ3) is 4.29. The second-order valence-corrected chi connectivity index (χ2v) is 8.42. The van der Waals surface area contributed by atoms with Gasteiger partial charge in [0.1, 0.15) is 0 Å². The summed E-state index contributed by atoms with van der Waals surface area (Å²) in [7, 11) is 0. The Balaban J connectivity index is 1.77. The van der Waals surface area contributed by atoms with Gasteiger partial charge in [0.05, 0.1) is 23.7 Å². The minimum atomic E-state index is -1.06. The summed E-state index contributed by atoms with van der Waals surface area (Å²) >= 11 is 3.44.